The van der Waals surface area contributed by atoms with Crippen LogP contribution in [0.5, 0.6) is 11.5 Å². The predicted octanol–water partition coefficient (Wildman–Crippen LogP) is 2.72. The molecule has 1 saturated heterocycles. The summed E-state index contributed by atoms with van der Waals surface area (Å²) in [6, 6.07) is 8.06. The van der Waals surface area contributed by atoms with Gasteiger partial charge in [-0.1, -0.05) is 0 Å². The average Bonchev–Trinajstić information content (AvgIpc) is 3.36. The molecule has 2 aromatic carbocycles. The lowest BCUT2D eigenvalue weighted by Gasteiger charge is -2.33. The Morgan fingerprint density at radius 1 is 1.17 bits per heavy atom. The zero-order chi connectivity index (χ0) is 24.9. The molecule has 2 aliphatic rings. The van der Waals surface area contributed by atoms with Crippen LogP contribution in [0, 0.1) is 12.7 Å². The van der Waals surface area contributed by atoms with E-state index < -0.39 is 6.04 Å². The van der Waals surface area contributed by atoms with Gasteiger partial charge in [-0.05, 0) is 81.7 Å². The van der Waals surface area contributed by atoms with Crippen LogP contribution in [0.2, 0.25) is 0 Å². The molecule has 2 heterocycles. The second kappa shape index (κ2) is 10.9. The maximum Gasteiger partial charge on any atom is 0.265 e. The molecule has 2 amide bonds. The van der Waals surface area contributed by atoms with Gasteiger partial charge in [-0.2, -0.15) is 0 Å². The van der Waals surface area contributed by atoms with Crippen molar-refractivity contribution in [2.75, 3.05) is 44.3 Å². The molecule has 2 aliphatic heterocycles. The molecule has 9 heteroatoms. The number of carbonyl (C=O) groups excluding carboxylic acids is 3. The van der Waals surface area contributed by atoms with Gasteiger partial charge >= 0.3 is 0 Å². The highest BCUT2D eigenvalue weighted by molar-refractivity contribution is 6.05. The first-order valence-electron chi connectivity index (χ1n) is 11.8. The topological polar surface area (TPSA) is 88.2 Å². The molecule has 4 rings (SSSR count). The van der Waals surface area contributed by atoms with Crippen molar-refractivity contribution >= 4 is 23.3 Å². The zero-order valence-electron chi connectivity index (χ0n) is 20.0. The van der Waals surface area contributed by atoms with Crippen molar-refractivity contribution in [2.24, 2.45) is 0 Å². The lowest BCUT2D eigenvalue weighted by molar-refractivity contribution is -0.127. The zero-order valence-corrected chi connectivity index (χ0v) is 20.0. The monoisotopic (exact) mass is 483 g/mol. The number of Topliss-reactive ketones (excluding diaryl/α,β-unsaturated/α-hetero) is 1. The molecule has 2 aromatic rings. The molecule has 186 valence electrons. The highest BCUT2D eigenvalue weighted by Gasteiger charge is 2.33. The third-order valence-corrected chi connectivity index (χ3v) is 6.35. The highest BCUT2D eigenvalue weighted by Crippen LogP contribution is 2.34. The number of anilines is 1. The fraction of sp³-hybridized carbons (Fsp3) is 0.423. The second-order valence-corrected chi connectivity index (χ2v) is 8.87. The summed E-state index contributed by atoms with van der Waals surface area (Å²) < 4.78 is 24.4. The van der Waals surface area contributed by atoms with E-state index in [-0.39, 0.29) is 36.6 Å². The normalized spacial score (nSPS) is 16.4. The first-order chi connectivity index (χ1) is 16.8. The molecule has 0 radical (unpaired) electrons. The van der Waals surface area contributed by atoms with Crippen molar-refractivity contribution in [3.8, 4) is 11.5 Å². The molecule has 0 saturated carbocycles. The lowest BCUT2D eigenvalue weighted by Crippen LogP contribution is -2.52. The van der Waals surface area contributed by atoms with Crippen molar-refractivity contribution in [3.05, 3.63) is 53.3 Å². The van der Waals surface area contributed by atoms with Crippen LogP contribution in [0.15, 0.2) is 36.4 Å². The van der Waals surface area contributed by atoms with Gasteiger partial charge in [0.1, 0.15) is 23.4 Å². The van der Waals surface area contributed by atoms with E-state index in [1.807, 2.05) is 0 Å². The number of nitrogens with zero attached hydrogens (tertiary/aromatic N) is 2. The number of hydrogen-bond donors (Lipinski definition) is 1. The molecule has 1 atom stereocenters. The summed E-state index contributed by atoms with van der Waals surface area (Å²) in [4.78, 5) is 42.0. The summed E-state index contributed by atoms with van der Waals surface area (Å²) in [6.07, 6.45) is 2.36. The minimum atomic E-state index is -0.771. The summed E-state index contributed by atoms with van der Waals surface area (Å²) >= 11 is 0. The number of carbonyl (C=O) groups is 3. The van der Waals surface area contributed by atoms with Crippen LogP contribution in [0.25, 0.3) is 0 Å². The van der Waals surface area contributed by atoms with Crippen LogP contribution in [0.4, 0.5) is 10.1 Å². The maximum absolute atomic E-state index is 13.3. The number of ether oxygens (including phenoxy) is 2. The molecule has 0 aromatic heterocycles. The number of ketones is 1. The number of rotatable bonds is 9. The average molecular weight is 484 g/mol. The Bertz CT molecular complexity index is 1120. The fourth-order valence-corrected chi connectivity index (χ4v) is 4.38. The van der Waals surface area contributed by atoms with E-state index >= 15 is 0 Å². The Kier molecular flexibility index (Phi) is 7.65. The van der Waals surface area contributed by atoms with Gasteiger partial charge in [-0.3, -0.25) is 19.3 Å². The summed E-state index contributed by atoms with van der Waals surface area (Å²) in [5.74, 6) is -0.489. The minimum absolute atomic E-state index is 0.182. The molecular formula is C26H30FN3O5. The standard InChI is InChI=1S/C26H30FN3O5/c1-17-13-20(27)6-8-23(17)34-15-22(31)19-5-7-24-21(14-19)30(25(32)16-35-24)18(2)26(33)28-9-12-29-10-3-4-11-29/h5-8,13-14,18H,3-4,9-12,15-16H2,1-2H3,(H,28,33)/t18-/m1/s1. The first-order valence-corrected chi connectivity index (χ1v) is 11.8. The summed E-state index contributed by atoms with van der Waals surface area (Å²) in [7, 11) is 0. The van der Waals surface area contributed by atoms with Crippen molar-refractivity contribution in [2.45, 2.75) is 32.7 Å². The van der Waals surface area contributed by atoms with Crippen LogP contribution in [0.1, 0.15) is 35.7 Å². The Labute approximate surface area is 204 Å². The number of amides is 2. The van der Waals surface area contributed by atoms with Gasteiger partial charge in [0.25, 0.3) is 5.91 Å². The molecule has 0 bridgehead atoms. The van der Waals surface area contributed by atoms with Crippen molar-refractivity contribution in [1.29, 1.82) is 0 Å². The van der Waals surface area contributed by atoms with Gasteiger partial charge in [-0.25, -0.2) is 4.39 Å². The lowest BCUT2D eigenvalue weighted by atomic mass is 10.1. The van der Waals surface area contributed by atoms with Crippen molar-refractivity contribution < 1.29 is 28.2 Å². The summed E-state index contributed by atoms with van der Waals surface area (Å²) in [5.41, 5.74) is 1.26. The van der Waals surface area contributed by atoms with Gasteiger partial charge in [0.15, 0.2) is 19.0 Å². The molecular weight excluding hydrogens is 453 g/mol. The molecule has 0 unspecified atom stereocenters. The maximum atomic E-state index is 13.3. The summed E-state index contributed by atoms with van der Waals surface area (Å²) in [6.45, 7) is 6.29. The Hall–Kier alpha value is -3.46. The van der Waals surface area contributed by atoms with Gasteiger partial charge in [0, 0.05) is 18.7 Å². The van der Waals surface area contributed by atoms with Crippen LogP contribution in [-0.2, 0) is 9.59 Å². The van der Waals surface area contributed by atoms with Crippen LogP contribution < -0.4 is 19.7 Å². The number of fused-ring (bicyclic) bond motifs is 1. The number of likely N-dealkylation sites (tertiary alicyclic amines) is 1. The molecule has 1 N–H and O–H groups in total. The molecule has 0 spiro atoms. The highest BCUT2D eigenvalue weighted by atomic mass is 19.1. The minimum Gasteiger partial charge on any atom is -0.485 e. The van der Waals surface area contributed by atoms with Gasteiger partial charge in [0.2, 0.25) is 5.91 Å². The third kappa shape index (κ3) is 5.79. The van der Waals surface area contributed by atoms with Gasteiger partial charge in [-0.15, -0.1) is 0 Å². The van der Waals surface area contributed by atoms with E-state index in [1.54, 1.807) is 32.0 Å². The molecule has 1 fully saturated rings. The SMILES string of the molecule is Cc1cc(F)ccc1OCC(=O)c1ccc2c(c1)N([C@H](C)C(=O)NCCN1CCCC1)C(=O)CO2. The van der Waals surface area contributed by atoms with E-state index in [4.69, 9.17) is 9.47 Å². The van der Waals surface area contributed by atoms with Crippen LogP contribution in [0.3, 0.4) is 0 Å². The largest absolute Gasteiger partial charge is 0.485 e. The van der Waals surface area contributed by atoms with E-state index in [9.17, 15) is 18.8 Å². The van der Waals surface area contributed by atoms with Gasteiger partial charge < -0.3 is 19.7 Å². The Balaban J connectivity index is 1.44. The van der Waals surface area contributed by atoms with E-state index in [0.717, 1.165) is 19.6 Å². The molecule has 35 heavy (non-hydrogen) atoms. The number of nitrogens with one attached hydrogen (secondary N) is 1. The van der Waals surface area contributed by atoms with E-state index in [0.29, 0.717) is 34.9 Å². The van der Waals surface area contributed by atoms with Crippen molar-refractivity contribution in [1.82, 2.24) is 10.2 Å². The number of aryl methyl sites for hydroxylation is 1. The Morgan fingerprint density at radius 2 is 1.94 bits per heavy atom. The fourth-order valence-electron chi connectivity index (χ4n) is 4.38. The number of halogens is 1. The van der Waals surface area contributed by atoms with Crippen LogP contribution >= 0.6 is 0 Å². The van der Waals surface area contributed by atoms with Crippen molar-refractivity contribution in [3.63, 3.8) is 0 Å². The quantitative estimate of drug-likeness (QED) is 0.552. The molecule has 8 nitrogen and oxygen atoms in total. The number of hydrogen-bond acceptors (Lipinski definition) is 6. The molecule has 0 aliphatic carbocycles. The smallest absolute Gasteiger partial charge is 0.265 e. The first kappa shape index (κ1) is 24.7. The van der Waals surface area contributed by atoms with E-state index in [2.05, 4.69) is 10.2 Å². The predicted molar refractivity (Wildman–Crippen MR) is 129 cm³/mol. The second-order valence-electron chi connectivity index (χ2n) is 8.87. The Morgan fingerprint density at radius 3 is 2.69 bits per heavy atom. The third-order valence-electron chi connectivity index (χ3n) is 6.35. The van der Waals surface area contributed by atoms with Gasteiger partial charge in [0.05, 0.1) is 5.69 Å². The summed E-state index contributed by atoms with van der Waals surface area (Å²) in [5, 5.41) is 2.91. The van der Waals surface area contributed by atoms with Crippen LogP contribution in [-0.4, -0.2) is 67.9 Å². The number of benzene rings is 2. The van der Waals surface area contributed by atoms with E-state index in [1.165, 1.54) is 35.9 Å².